The Kier molecular flexibility index (Phi) is 5.54. The number of nitriles is 1. The van der Waals surface area contributed by atoms with Crippen molar-refractivity contribution in [3.63, 3.8) is 0 Å². The van der Waals surface area contributed by atoms with Crippen molar-refractivity contribution in [1.29, 1.82) is 5.26 Å². The lowest BCUT2D eigenvalue weighted by molar-refractivity contribution is -0.116. The van der Waals surface area contributed by atoms with Crippen LogP contribution in [0.1, 0.15) is 12.0 Å². The largest absolute Gasteiger partial charge is 0.338 e. The zero-order chi connectivity index (χ0) is 17.5. The fourth-order valence-corrected chi connectivity index (χ4v) is 2.79. The SMILES string of the molecule is N#Cc1ccccc1NC(=O)CCN1CCN(c2ncccn2)CC1. The van der Waals surface area contributed by atoms with Crippen LogP contribution < -0.4 is 10.2 Å². The quantitative estimate of drug-likeness (QED) is 0.891. The maximum atomic E-state index is 12.1. The number of rotatable bonds is 5. The lowest BCUT2D eigenvalue weighted by atomic mass is 10.2. The van der Waals surface area contributed by atoms with Crippen LogP contribution in [-0.2, 0) is 4.79 Å². The summed E-state index contributed by atoms with van der Waals surface area (Å²) >= 11 is 0. The van der Waals surface area contributed by atoms with E-state index in [0.717, 1.165) is 32.1 Å². The number of hydrogen-bond donors (Lipinski definition) is 1. The van der Waals surface area contributed by atoms with E-state index in [9.17, 15) is 4.79 Å². The summed E-state index contributed by atoms with van der Waals surface area (Å²) in [5.74, 6) is 0.685. The number of nitrogens with one attached hydrogen (secondary N) is 1. The first-order valence-corrected chi connectivity index (χ1v) is 8.29. The van der Waals surface area contributed by atoms with Gasteiger partial charge in [-0.25, -0.2) is 9.97 Å². The highest BCUT2D eigenvalue weighted by atomic mass is 16.1. The van der Waals surface area contributed by atoms with Crippen LogP contribution in [0.5, 0.6) is 0 Å². The zero-order valence-corrected chi connectivity index (χ0v) is 13.9. The van der Waals surface area contributed by atoms with Gasteiger partial charge in [0.05, 0.1) is 11.3 Å². The number of piperazine rings is 1. The molecule has 1 aliphatic rings. The Morgan fingerprint density at radius 3 is 2.56 bits per heavy atom. The van der Waals surface area contributed by atoms with E-state index in [4.69, 9.17) is 5.26 Å². The number of carbonyl (C=O) groups is 1. The first kappa shape index (κ1) is 16.9. The van der Waals surface area contributed by atoms with Crippen LogP contribution in [0.25, 0.3) is 0 Å². The standard InChI is InChI=1S/C18H20N6O/c19-14-15-4-1-2-5-16(15)22-17(25)6-9-23-10-12-24(13-11-23)18-20-7-3-8-21-18/h1-5,7-8H,6,9-13H2,(H,22,25). The molecule has 0 unspecified atom stereocenters. The van der Waals surface area contributed by atoms with E-state index in [0.29, 0.717) is 24.2 Å². The van der Waals surface area contributed by atoms with Crippen LogP contribution in [0.15, 0.2) is 42.7 Å². The van der Waals surface area contributed by atoms with Gasteiger partial charge in [-0.05, 0) is 18.2 Å². The third-order valence-electron chi connectivity index (χ3n) is 4.18. The predicted octanol–water partition coefficient (Wildman–Crippen LogP) is 1.50. The van der Waals surface area contributed by atoms with Crippen molar-refractivity contribution in [2.45, 2.75) is 6.42 Å². The van der Waals surface area contributed by atoms with E-state index < -0.39 is 0 Å². The summed E-state index contributed by atoms with van der Waals surface area (Å²) in [6, 6.07) is 10.9. The maximum absolute atomic E-state index is 12.1. The van der Waals surface area contributed by atoms with Gasteiger partial charge in [-0.1, -0.05) is 12.1 Å². The Morgan fingerprint density at radius 2 is 1.84 bits per heavy atom. The Labute approximate surface area is 146 Å². The number of anilines is 2. The molecule has 1 fully saturated rings. The molecule has 1 aromatic heterocycles. The second-order valence-corrected chi connectivity index (χ2v) is 5.83. The van der Waals surface area contributed by atoms with Crippen molar-refractivity contribution >= 4 is 17.5 Å². The lowest BCUT2D eigenvalue weighted by Crippen LogP contribution is -2.47. The minimum atomic E-state index is -0.0727. The van der Waals surface area contributed by atoms with Crippen LogP contribution >= 0.6 is 0 Å². The van der Waals surface area contributed by atoms with Crippen LogP contribution in [0.3, 0.4) is 0 Å². The Bertz CT molecular complexity index is 750. The van der Waals surface area contributed by atoms with Gasteiger partial charge in [0.2, 0.25) is 11.9 Å². The number of hydrogen-bond acceptors (Lipinski definition) is 6. The van der Waals surface area contributed by atoms with Gasteiger partial charge in [0.15, 0.2) is 0 Å². The fraction of sp³-hybridized carbons (Fsp3) is 0.333. The number of benzene rings is 1. The van der Waals surface area contributed by atoms with Gasteiger partial charge in [-0.2, -0.15) is 5.26 Å². The molecule has 7 heteroatoms. The van der Waals surface area contributed by atoms with Crippen LogP contribution in [0, 0.1) is 11.3 Å². The number of carbonyl (C=O) groups excluding carboxylic acids is 1. The van der Waals surface area contributed by atoms with Crippen LogP contribution in [0.2, 0.25) is 0 Å². The molecule has 0 spiro atoms. The second kappa shape index (κ2) is 8.22. The molecular formula is C18H20N6O. The predicted molar refractivity (Wildman–Crippen MR) is 95.1 cm³/mol. The van der Waals surface area contributed by atoms with Crippen molar-refractivity contribution in [2.75, 3.05) is 42.9 Å². The monoisotopic (exact) mass is 336 g/mol. The molecule has 1 amide bonds. The first-order chi connectivity index (χ1) is 12.3. The zero-order valence-electron chi connectivity index (χ0n) is 13.9. The van der Waals surface area contributed by atoms with Crippen molar-refractivity contribution in [2.24, 2.45) is 0 Å². The molecule has 0 bridgehead atoms. The number of aromatic nitrogens is 2. The third-order valence-corrected chi connectivity index (χ3v) is 4.18. The number of amides is 1. The summed E-state index contributed by atoms with van der Waals surface area (Å²) in [7, 11) is 0. The Morgan fingerprint density at radius 1 is 1.12 bits per heavy atom. The van der Waals surface area contributed by atoms with Crippen molar-refractivity contribution in [3.8, 4) is 6.07 Å². The molecular weight excluding hydrogens is 316 g/mol. The normalized spacial score (nSPS) is 14.8. The summed E-state index contributed by atoms with van der Waals surface area (Å²) in [5.41, 5.74) is 1.05. The summed E-state index contributed by atoms with van der Waals surface area (Å²) in [5, 5.41) is 11.9. The maximum Gasteiger partial charge on any atom is 0.225 e. The van der Waals surface area contributed by atoms with E-state index >= 15 is 0 Å². The number of nitrogens with zero attached hydrogens (tertiary/aromatic N) is 5. The average molecular weight is 336 g/mol. The van der Waals surface area contributed by atoms with Gasteiger partial charge in [0.1, 0.15) is 6.07 Å². The molecule has 1 N–H and O–H groups in total. The summed E-state index contributed by atoms with van der Waals surface area (Å²) in [6.45, 7) is 4.15. The molecule has 0 saturated carbocycles. The summed E-state index contributed by atoms with van der Waals surface area (Å²) in [4.78, 5) is 25.1. The van der Waals surface area contributed by atoms with Crippen molar-refractivity contribution in [3.05, 3.63) is 48.3 Å². The number of para-hydroxylation sites is 1. The highest BCUT2D eigenvalue weighted by molar-refractivity contribution is 5.92. The average Bonchev–Trinajstić information content (AvgIpc) is 2.68. The van der Waals surface area contributed by atoms with E-state index in [1.807, 2.05) is 6.07 Å². The molecule has 0 aliphatic carbocycles. The molecule has 7 nitrogen and oxygen atoms in total. The highest BCUT2D eigenvalue weighted by Gasteiger charge is 2.19. The minimum Gasteiger partial charge on any atom is -0.338 e. The van der Waals surface area contributed by atoms with Gasteiger partial charge < -0.3 is 10.2 Å². The molecule has 128 valence electrons. The molecule has 1 saturated heterocycles. The van der Waals surface area contributed by atoms with Crippen molar-refractivity contribution in [1.82, 2.24) is 14.9 Å². The van der Waals surface area contributed by atoms with Gasteiger partial charge in [0.25, 0.3) is 0 Å². The molecule has 0 radical (unpaired) electrons. The first-order valence-electron chi connectivity index (χ1n) is 8.29. The fourth-order valence-electron chi connectivity index (χ4n) is 2.79. The topological polar surface area (TPSA) is 85.2 Å². The molecule has 25 heavy (non-hydrogen) atoms. The van der Waals surface area contributed by atoms with Crippen LogP contribution in [-0.4, -0.2) is 53.5 Å². The third kappa shape index (κ3) is 4.52. The van der Waals surface area contributed by atoms with Gasteiger partial charge in [0, 0.05) is 51.5 Å². The van der Waals surface area contributed by atoms with Gasteiger partial charge in [-0.3, -0.25) is 9.69 Å². The van der Waals surface area contributed by atoms with E-state index in [1.165, 1.54) is 0 Å². The molecule has 2 heterocycles. The van der Waals surface area contributed by atoms with Crippen molar-refractivity contribution < 1.29 is 4.79 Å². The van der Waals surface area contributed by atoms with Gasteiger partial charge in [-0.15, -0.1) is 0 Å². The minimum absolute atomic E-state index is 0.0727. The Hall–Kier alpha value is -2.98. The van der Waals surface area contributed by atoms with E-state index in [1.54, 1.807) is 36.7 Å². The summed E-state index contributed by atoms with van der Waals surface area (Å²) < 4.78 is 0. The molecule has 0 atom stereocenters. The van der Waals surface area contributed by atoms with E-state index in [-0.39, 0.29) is 5.91 Å². The molecule has 2 aromatic rings. The molecule has 1 aromatic carbocycles. The smallest absolute Gasteiger partial charge is 0.225 e. The molecule has 1 aliphatic heterocycles. The Balaban J connectivity index is 1.44. The highest BCUT2D eigenvalue weighted by Crippen LogP contribution is 2.14. The van der Waals surface area contributed by atoms with E-state index in [2.05, 4.69) is 31.2 Å². The van der Waals surface area contributed by atoms with Crippen LogP contribution in [0.4, 0.5) is 11.6 Å². The second-order valence-electron chi connectivity index (χ2n) is 5.83. The lowest BCUT2D eigenvalue weighted by Gasteiger charge is -2.34. The summed E-state index contributed by atoms with van der Waals surface area (Å²) in [6.07, 6.45) is 3.90. The molecule has 3 rings (SSSR count). The van der Waals surface area contributed by atoms with Gasteiger partial charge >= 0.3 is 0 Å².